The molecule has 1 N–H and O–H groups in total. The Morgan fingerprint density at radius 2 is 1.96 bits per heavy atom. The normalized spacial score (nSPS) is 10.9. The maximum absolute atomic E-state index is 13.4. The number of imidazole rings is 1. The fourth-order valence-corrected chi connectivity index (χ4v) is 3.20. The molecule has 0 aliphatic rings. The van der Waals surface area contributed by atoms with E-state index in [1.807, 2.05) is 35.8 Å². The molecule has 2 aromatic heterocycles. The van der Waals surface area contributed by atoms with Crippen molar-refractivity contribution in [1.82, 2.24) is 14.5 Å². The third-order valence-electron chi connectivity index (χ3n) is 4.50. The van der Waals surface area contributed by atoms with Crippen LogP contribution in [0.2, 0.25) is 0 Å². The number of aromatic nitrogens is 3. The zero-order chi connectivity index (χ0) is 18.8. The summed E-state index contributed by atoms with van der Waals surface area (Å²) in [6.07, 6.45) is 4.89. The second-order valence-electron chi connectivity index (χ2n) is 6.10. The molecule has 2 heterocycles. The first kappa shape index (κ1) is 16.9. The molecule has 1 amide bonds. The lowest BCUT2D eigenvalue weighted by molar-refractivity contribution is -0.105. The van der Waals surface area contributed by atoms with Crippen molar-refractivity contribution < 1.29 is 9.18 Å². The van der Waals surface area contributed by atoms with Gasteiger partial charge in [-0.1, -0.05) is 6.92 Å². The molecular formula is C21H17FN4O. The maximum Gasteiger partial charge on any atom is 0.211 e. The monoisotopic (exact) mass is 360 g/mol. The standard InChI is InChI=1S/C21H17FN4O/c1-2-14-11-15(3-8-18(14)24-13-27)21-25-19-9-10-23-12-20(19)26(21)17-6-4-16(22)5-7-17/h3-13H,2H2,1H3,(H,24,27). The molecule has 0 fully saturated rings. The van der Waals surface area contributed by atoms with Gasteiger partial charge in [0.1, 0.15) is 11.6 Å². The SMILES string of the molecule is CCc1cc(-c2nc3ccncc3n2-c2ccc(F)cc2)ccc1NC=O. The molecule has 0 saturated heterocycles. The minimum atomic E-state index is -0.291. The lowest BCUT2D eigenvalue weighted by Crippen LogP contribution is -2.01. The molecule has 0 atom stereocenters. The Hall–Kier alpha value is -3.54. The first-order valence-electron chi connectivity index (χ1n) is 8.63. The number of rotatable bonds is 5. The van der Waals surface area contributed by atoms with Gasteiger partial charge in [0.2, 0.25) is 6.41 Å². The predicted molar refractivity (Wildman–Crippen MR) is 103 cm³/mol. The molecule has 0 unspecified atom stereocenters. The third-order valence-corrected chi connectivity index (χ3v) is 4.50. The van der Waals surface area contributed by atoms with Crippen molar-refractivity contribution >= 4 is 23.1 Å². The largest absolute Gasteiger partial charge is 0.328 e. The van der Waals surface area contributed by atoms with E-state index in [2.05, 4.69) is 10.3 Å². The van der Waals surface area contributed by atoms with Gasteiger partial charge in [0, 0.05) is 23.1 Å². The van der Waals surface area contributed by atoms with Crippen molar-refractivity contribution in [2.45, 2.75) is 13.3 Å². The molecule has 0 bridgehead atoms. The molecular weight excluding hydrogens is 343 g/mol. The minimum absolute atomic E-state index is 0.291. The molecule has 0 aliphatic carbocycles. The minimum Gasteiger partial charge on any atom is -0.328 e. The Balaban J connectivity index is 1.95. The van der Waals surface area contributed by atoms with Crippen LogP contribution in [-0.4, -0.2) is 20.9 Å². The van der Waals surface area contributed by atoms with Crippen LogP contribution in [-0.2, 0) is 11.2 Å². The van der Waals surface area contributed by atoms with Gasteiger partial charge < -0.3 is 5.32 Å². The van der Waals surface area contributed by atoms with E-state index in [1.165, 1.54) is 12.1 Å². The lowest BCUT2D eigenvalue weighted by atomic mass is 10.1. The van der Waals surface area contributed by atoms with Crippen LogP contribution in [0.4, 0.5) is 10.1 Å². The van der Waals surface area contributed by atoms with E-state index in [0.29, 0.717) is 6.41 Å². The first-order valence-corrected chi connectivity index (χ1v) is 8.63. The van der Waals surface area contributed by atoms with Crippen LogP contribution in [0.3, 0.4) is 0 Å². The third kappa shape index (κ3) is 3.06. The van der Waals surface area contributed by atoms with Crippen molar-refractivity contribution in [3.8, 4) is 17.1 Å². The Labute approximate surface area is 155 Å². The van der Waals surface area contributed by atoms with Crippen molar-refractivity contribution in [3.63, 3.8) is 0 Å². The smallest absolute Gasteiger partial charge is 0.211 e. The van der Waals surface area contributed by atoms with E-state index in [-0.39, 0.29) is 5.82 Å². The van der Waals surface area contributed by atoms with E-state index >= 15 is 0 Å². The van der Waals surface area contributed by atoms with Crippen molar-refractivity contribution in [1.29, 1.82) is 0 Å². The number of pyridine rings is 1. The van der Waals surface area contributed by atoms with Crippen LogP contribution in [0, 0.1) is 5.82 Å². The summed E-state index contributed by atoms with van der Waals surface area (Å²) in [5.74, 6) is 0.442. The van der Waals surface area contributed by atoms with Crippen LogP contribution in [0.15, 0.2) is 60.9 Å². The highest BCUT2D eigenvalue weighted by Gasteiger charge is 2.15. The quantitative estimate of drug-likeness (QED) is 0.538. The van der Waals surface area contributed by atoms with Gasteiger partial charge in [0.15, 0.2) is 0 Å². The van der Waals surface area contributed by atoms with Crippen molar-refractivity contribution in [2.75, 3.05) is 5.32 Å². The summed E-state index contributed by atoms with van der Waals surface area (Å²) >= 11 is 0. The summed E-state index contributed by atoms with van der Waals surface area (Å²) < 4.78 is 15.4. The highest BCUT2D eigenvalue weighted by molar-refractivity contribution is 5.83. The second kappa shape index (κ2) is 6.99. The Kier molecular flexibility index (Phi) is 4.38. The topological polar surface area (TPSA) is 59.8 Å². The van der Waals surface area contributed by atoms with Crippen LogP contribution in [0.25, 0.3) is 28.1 Å². The Morgan fingerprint density at radius 1 is 1.15 bits per heavy atom. The summed E-state index contributed by atoms with van der Waals surface area (Å²) in [6.45, 7) is 2.03. The van der Waals surface area contributed by atoms with Gasteiger partial charge >= 0.3 is 0 Å². The number of fused-ring (bicyclic) bond motifs is 1. The molecule has 5 nitrogen and oxygen atoms in total. The van der Waals surface area contributed by atoms with E-state index in [4.69, 9.17) is 4.98 Å². The number of aryl methyl sites for hydroxylation is 1. The number of benzene rings is 2. The molecule has 0 radical (unpaired) electrons. The van der Waals surface area contributed by atoms with E-state index in [9.17, 15) is 9.18 Å². The van der Waals surface area contributed by atoms with Crippen molar-refractivity contribution in [2.24, 2.45) is 0 Å². The van der Waals surface area contributed by atoms with Crippen LogP contribution >= 0.6 is 0 Å². The van der Waals surface area contributed by atoms with E-state index in [1.54, 1.807) is 24.5 Å². The van der Waals surface area contributed by atoms with Gasteiger partial charge in [-0.2, -0.15) is 0 Å². The first-order chi connectivity index (χ1) is 13.2. The Morgan fingerprint density at radius 3 is 2.70 bits per heavy atom. The number of carbonyl (C=O) groups excluding carboxylic acids is 1. The molecule has 2 aromatic carbocycles. The van der Waals surface area contributed by atoms with Gasteiger partial charge in [-0.05, 0) is 60.5 Å². The maximum atomic E-state index is 13.4. The van der Waals surface area contributed by atoms with Gasteiger partial charge in [-0.25, -0.2) is 9.37 Å². The molecule has 27 heavy (non-hydrogen) atoms. The number of amides is 1. The number of halogens is 1. The zero-order valence-corrected chi connectivity index (χ0v) is 14.7. The molecule has 0 spiro atoms. The van der Waals surface area contributed by atoms with Gasteiger partial charge in [0.25, 0.3) is 0 Å². The number of nitrogens with zero attached hydrogens (tertiary/aromatic N) is 3. The van der Waals surface area contributed by atoms with Gasteiger partial charge in [0.05, 0.1) is 17.2 Å². The van der Waals surface area contributed by atoms with Gasteiger partial charge in [-0.3, -0.25) is 14.3 Å². The average molecular weight is 360 g/mol. The number of nitrogens with one attached hydrogen (secondary N) is 1. The molecule has 6 heteroatoms. The predicted octanol–water partition coefficient (Wildman–Crippen LogP) is 4.36. The molecule has 0 saturated carbocycles. The zero-order valence-electron chi connectivity index (χ0n) is 14.7. The molecule has 4 rings (SSSR count). The Bertz CT molecular complexity index is 1120. The van der Waals surface area contributed by atoms with Crippen molar-refractivity contribution in [3.05, 3.63) is 72.3 Å². The molecule has 4 aromatic rings. The average Bonchev–Trinajstić information content (AvgIpc) is 3.09. The second-order valence-corrected chi connectivity index (χ2v) is 6.10. The number of carbonyl (C=O) groups is 1. The fourth-order valence-electron chi connectivity index (χ4n) is 3.20. The summed E-state index contributed by atoms with van der Waals surface area (Å²) in [6, 6.07) is 13.9. The summed E-state index contributed by atoms with van der Waals surface area (Å²) in [5.41, 5.74) is 5.14. The van der Waals surface area contributed by atoms with Crippen LogP contribution in [0.1, 0.15) is 12.5 Å². The number of hydrogen-bond donors (Lipinski definition) is 1. The fraction of sp³-hybridized carbons (Fsp3) is 0.0952. The molecule has 134 valence electrons. The number of hydrogen-bond acceptors (Lipinski definition) is 3. The van der Waals surface area contributed by atoms with E-state index < -0.39 is 0 Å². The van der Waals surface area contributed by atoms with Gasteiger partial charge in [-0.15, -0.1) is 0 Å². The lowest BCUT2D eigenvalue weighted by Gasteiger charge is -2.12. The molecule has 0 aliphatic heterocycles. The van der Waals surface area contributed by atoms with Crippen LogP contribution < -0.4 is 5.32 Å². The van der Waals surface area contributed by atoms with E-state index in [0.717, 1.165) is 45.8 Å². The summed E-state index contributed by atoms with van der Waals surface area (Å²) in [4.78, 5) is 19.8. The number of anilines is 1. The summed E-state index contributed by atoms with van der Waals surface area (Å²) in [7, 11) is 0. The van der Waals surface area contributed by atoms with Crippen LogP contribution in [0.5, 0.6) is 0 Å². The highest BCUT2D eigenvalue weighted by atomic mass is 19.1. The highest BCUT2D eigenvalue weighted by Crippen LogP contribution is 2.30. The summed E-state index contributed by atoms with van der Waals surface area (Å²) in [5, 5.41) is 2.73.